The average molecular weight is 447 g/mol. The van der Waals surface area contributed by atoms with E-state index in [1.165, 1.54) is 22.2 Å². The van der Waals surface area contributed by atoms with Gasteiger partial charge in [-0.25, -0.2) is 4.98 Å². The molecule has 0 N–H and O–H groups in total. The van der Waals surface area contributed by atoms with Gasteiger partial charge in [-0.2, -0.15) is 0 Å². The van der Waals surface area contributed by atoms with Gasteiger partial charge >= 0.3 is 0 Å². The lowest BCUT2D eigenvalue weighted by Crippen LogP contribution is -2.23. The lowest BCUT2D eigenvalue weighted by molar-refractivity contribution is 0.102. The molecule has 5 rings (SSSR count). The predicted molar refractivity (Wildman–Crippen MR) is 128 cm³/mol. The van der Waals surface area contributed by atoms with Crippen molar-refractivity contribution >= 4 is 39.1 Å². The van der Waals surface area contributed by atoms with Gasteiger partial charge in [-0.1, -0.05) is 67.2 Å². The molecule has 0 saturated heterocycles. The quantitative estimate of drug-likeness (QED) is 0.219. The molecule has 0 bridgehead atoms. The number of rotatable bonds is 5. The fraction of sp³-hybridized carbons (Fsp3) is 0.240. The first-order chi connectivity index (χ1) is 15.1. The highest BCUT2D eigenvalue weighted by molar-refractivity contribution is 7.99. The van der Waals surface area contributed by atoms with Crippen molar-refractivity contribution in [2.45, 2.75) is 37.3 Å². The van der Waals surface area contributed by atoms with Gasteiger partial charge in [0.2, 0.25) is 0 Å². The summed E-state index contributed by atoms with van der Waals surface area (Å²) < 4.78 is 1.68. The Balaban J connectivity index is 1.63. The largest absolute Gasteiger partial charge is 0.293 e. The van der Waals surface area contributed by atoms with Crippen molar-refractivity contribution in [1.29, 1.82) is 0 Å². The Kier molecular flexibility index (Phi) is 5.50. The van der Waals surface area contributed by atoms with Crippen LogP contribution >= 0.6 is 23.1 Å². The highest BCUT2D eigenvalue weighted by atomic mass is 32.2. The normalized spacial score (nSPS) is 15.7. The maximum Gasteiger partial charge on any atom is 0.267 e. The number of aryl methyl sites for hydroxylation is 1. The van der Waals surface area contributed by atoms with E-state index in [-0.39, 0.29) is 17.1 Å². The molecule has 4 nitrogen and oxygen atoms in total. The Labute approximate surface area is 189 Å². The minimum Gasteiger partial charge on any atom is -0.293 e. The minimum absolute atomic E-state index is 0.0265. The second-order valence-electron chi connectivity index (χ2n) is 7.86. The summed E-state index contributed by atoms with van der Waals surface area (Å²) in [5.41, 5.74) is 2.60. The molecule has 0 radical (unpaired) electrons. The van der Waals surface area contributed by atoms with Gasteiger partial charge in [-0.05, 0) is 42.9 Å². The summed E-state index contributed by atoms with van der Waals surface area (Å²) in [5, 5.41) is 1.33. The van der Waals surface area contributed by atoms with Crippen LogP contribution in [0.3, 0.4) is 0 Å². The molecule has 4 aromatic rings. The Bertz CT molecular complexity index is 1310. The monoisotopic (exact) mass is 446 g/mol. The molecule has 0 amide bonds. The third-order valence-electron chi connectivity index (χ3n) is 5.79. The van der Waals surface area contributed by atoms with Gasteiger partial charge in [0.1, 0.15) is 4.83 Å². The van der Waals surface area contributed by atoms with Crippen molar-refractivity contribution in [2.75, 3.05) is 5.75 Å². The van der Waals surface area contributed by atoms with Crippen LogP contribution in [0.15, 0.2) is 70.6 Å². The summed E-state index contributed by atoms with van der Waals surface area (Å²) >= 11 is 2.97. The molecule has 2 aromatic carbocycles. The summed E-state index contributed by atoms with van der Waals surface area (Å²) in [6.07, 6.45) is 3.27. The van der Waals surface area contributed by atoms with E-state index in [1.807, 2.05) is 60.7 Å². The number of nitrogens with zero attached hydrogens (tertiary/aromatic N) is 2. The Morgan fingerprint density at radius 3 is 2.58 bits per heavy atom. The van der Waals surface area contributed by atoms with E-state index >= 15 is 0 Å². The number of benzene rings is 2. The molecule has 2 aromatic heterocycles. The molecule has 156 valence electrons. The van der Waals surface area contributed by atoms with E-state index in [9.17, 15) is 9.59 Å². The molecule has 0 saturated carbocycles. The highest BCUT2D eigenvalue weighted by Gasteiger charge is 2.26. The molecule has 6 heteroatoms. The van der Waals surface area contributed by atoms with Crippen LogP contribution in [0.25, 0.3) is 15.9 Å². The smallest absolute Gasteiger partial charge is 0.267 e. The first-order valence-corrected chi connectivity index (χ1v) is 12.3. The highest BCUT2D eigenvalue weighted by Crippen LogP contribution is 2.40. The molecular weight excluding hydrogens is 424 g/mol. The maximum atomic E-state index is 13.8. The Hall–Kier alpha value is -2.70. The van der Waals surface area contributed by atoms with Crippen molar-refractivity contribution < 1.29 is 4.79 Å². The molecule has 0 spiro atoms. The van der Waals surface area contributed by atoms with Crippen molar-refractivity contribution in [3.63, 3.8) is 0 Å². The van der Waals surface area contributed by atoms with Gasteiger partial charge in [-0.3, -0.25) is 14.2 Å². The van der Waals surface area contributed by atoms with Gasteiger partial charge in [0.15, 0.2) is 10.9 Å². The lowest BCUT2D eigenvalue weighted by Gasteiger charge is -2.19. The number of thiophene rings is 1. The zero-order chi connectivity index (χ0) is 21.4. The summed E-state index contributed by atoms with van der Waals surface area (Å²) in [4.78, 5) is 33.5. The first-order valence-electron chi connectivity index (χ1n) is 10.5. The summed E-state index contributed by atoms with van der Waals surface area (Å²) in [6, 6.07) is 18.9. The summed E-state index contributed by atoms with van der Waals surface area (Å²) in [6.45, 7) is 2.21. The first kappa shape index (κ1) is 20.2. The fourth-order valence-corrected chi connectivity index (χ4v) is 6.54. The van der Waals surface area contributed by atoms with Crippen molar-refractivity contribution in [3.8, 4) is 5.69 Å². The van der Waals surface area contributed by atoms with Gasteiger partial charge in [0.25, 0.3) is 5.56 Å². The third kappa shape index (κ3) is 3.75. The number of thioether (sulfide) groups is 1. The number of aromatic nitrogens is 2. The van der Waals surface area contributed by atoms with Crippen LogP contribution in [0, 0.1) is 0 Å². The van der Waals surface area contributed by atoms with Crippen LogP contribution in [-0.2, 0) is 6.42 Å². The van der Waals surface area contributed by atoms with Crippen molar-refractivity contribution in [1.82, 2.24) is 9.55 Å². The van der Waals surface area contributed by atoms with Crippen LogP contribution < -0.4 is 5.56 Å². The zero-order valence-electron chi connectivity index (χ0n) is 17.2. The number of hydrogen-bond donors (Lipinski definition) is 0. The second kappa shape index (κ2) is 8.44. The van der Waals surface area contributed by atoms with Gasteiger partial charge in [0.05, 0.1) is 16.8 Å². The Morgan fingerprint density at radius 1 is 1.13 bits per heavy atom. The number of fused-ring (bicyclic) bond motifs is 3. The lowest BCUT2D eigenvalue weighted by atomic mass is 9.88. The number of hydrogen-bond acceptors (Lipinski definition) is 5. The predicted octanol–water partition coefficient (Wildman–Crippen LogP) is 5.86. The van der Waals surface area contributed by atoms with Crippen LogP contribution in [-0.4, -0.2) is 21.1 Å². The van der Waals surface area contributed by atoms with E-state index < -0.39 is 0 Å². The molecular formula is C25H22N2O2S2. The molecule has 1 aliphatic rings. The minimum atomic E-state index is -0.0305. The second-order valence-corrected chi connectivity index (χ2v) is 9.89. The van der Waals surface area contributed by atoms with Crippen LogP contribution in [0.1, 0.15) is 46.5 Å². The van der Waals surface area contributed by atoms with E-state index in [0.29, 0.717) is 16.6 Å². The molecule has 2 heterocycles. The van der Waals surface area contributed by atoms with E-state index in [4.69, 9.17) is 4.98 Å². The topological polar surface area (TPSA) is 52.0 Å². The van der Waals surface area contributed by atoms with E-state index in [0.717, 1.165) is 35.2 Å². The SMILES string of the molecule is CC1CCCc2sc3nc(SCC(=O)c4ccccc4)n(-c4ccccc4)c(=O)c3c21. The van der Waals surface area contributed by atoms with Crippen LogP contribution in [0.4, 0.5) is 0 Å². The molecule has 0 aliphatic heterocycles. The van der Waals surface area contributed by atoms with Crippen molar-refractivity contribution in [2.24, 2.45) is 0 Å². The molecule has 1 atom stereocenters. The van der Waals surface area contributed by atoms with Gasteiger partial charge in [-0.15, -0.1) is 11.3 Å². The van der Waals surface area contributed by atoms with Gasteiger partial charge in [0, 0.05) is 10.4 Å². The number of Topliss-reactive ketones (excluding diaryl/α,β-unsaturated/α-hetero) is 1. The molecule has 1 unspecified atom stereocenters. The third-order valence-corrected chi connectivity index (χ3v) is 7.88. The van der Waals surface area contributed by atoms with E-state index in [2.05, 4.69) is 6.92 Å². The number of ketones is 1. The van der Waals surface area contributed by atoms with E-state index in [1.54, 1.807) is 15.9 Å². The molecule has 1 aliphatic carbocycles. The number of carbonyl (C=O) groups is 1. The molecule has 31 heavy (non-hydrogen) atoms. The Morgan fingerprint density at radius 2 is 1.84 bits per heavy atom. The summed E-state index contributed by atoms with van der Waals surface area (Å²) in [7, 11) is 0. The van der Waals surface area contributed by atoms with Crippen LogP contribution in [0.2, 0.25) is 0 Å². The number of para-hydroxylation sites is 1. The van der Waals surface area contributed by atoms with Crippen LogP contribution in [0.5, 0.6) is 0 Å². The number of carbonyl (C=O) groups excluding carboxylic acids is 1. The summed E-state index contributed by atoms with van der Waals surface area (Å²) in [5.74, 6) is 0.629. The standard InChI is InChI=1S/C25H22N2O2S2/c1-16-9-8-14-20-21(16)22-23(31-20)26-25(27(24(22)29)18-12-6-3-7-13-18)30-15-19(28)17-10-4-2-5-11-17/h2-7,10-13,16H,8-9,14-15H2,1H3. The van der Waals surface area contributed by atoms with Crippen molar-refractivity contribution in [3.05, 3.63) is 87.0 Å². The molecule has 0 fully saturated rings. The fourth-order valence-electron chi connectivity index (χ4n) is 4.26. The average Bonchev–Trinajstić information content (AvgIpc) is 3.18. The van der Waals surface area contributed by atoms with Gasteiger partial charge < -0.3 is 0 Å². The zero-order valence-corrected chi connectivity index (χ0v) is 18.8. The maximum absolute atomic E-state index is 13.8.